The van der Waals surface area contributed by atoms with Crippen LogP contribution in [0, 0.1) is 29.4 Å². The van der Waals surface area contributed by atoms with E-state index in [1.165, 1.54) is 25.7 Å². The monoisotopic (exact) mass is 422 g/mol. The minimum Gasteiger partial charge on any atom is -0.491 e. The molecule has 2 aliphatic carbocycles. The van der Waals surface area contributed by atoms with Gasteiger partial charge in [0.2, 0.25) is 5.82 Å². The van der Waals surface area contributed by atoms with Crippen LogP contribution in [-0.2, 0) is 0 Å². The Morgan fingerprint density at radius 3 is 2.17 bits per heavy atom. The molecule has 0 bridgehead atoms. The molecule has 0 heterocycles. The van der Waals surface area contributed by atoms with Gasteiger partial charge in [0.1, 0.15) is 0 Å². The van der Waals surface area contributed by atoms with Gasteiger partial charge in [-0.25, -0.2) is 8.78 Å². The highest BCUT2D eigenvalue weighted by atomic mass is 19.2. The molecule has 0 spiro atoms. The van der Waals surface area contributed by atoms with E-state index < -0.39 is 11.6 Å². The summed E-state index contributed by atoms with van der Waals surface area (Å²) in [5.41, 5.74) is 0.519. The first-order chi connectivity index (χ1) is 14.5. The van der Waals surface area contributed by atoms with Crippen molar-refractivity contribution in [3.63, 3.8) is 0 Å². The predicted octanol–water partition coefficient (Wildman–Crippen LogP) is 8.49. The molecule has 2 saturated carbocycles. The lowest BCUT2D eigenvalue weighted by Gasteiger charge is -2.38. The molecule has 0 saturated heterocycles. The molecule has 2 fully saturated rings. The second kappa shape index (κ2) is 11.2. The first kappa shape index (κ1) is 23.2. The molecule has 1 aromatic rings. The number of ether oxygens (including phenoxy) is 1. The molecule has 0 atom stereocenters. The predicted molar refractivity (Wildman–Crippen MR) is 116 cm³/mol. The molecule has 0 radical (unpaired) electrons. The fourth-order valence-electron chi connectivity index (χ4n) is 5.60. The van der Waals surface area contributed by atoms with Gasteiger partial charge in [0.25, 0.3) is 0 Å². The molecule has 0 amide bonds. The van der Waals surface area contributed by atoms with E-state index in [1.54, 1.807) is 25.1 Å². The van der Waals surface area contributed by atoms with E-state index in [-0.39, 0.29) is 17.5 Å². The summed E-state index contributed by atoms with van der Waals surface area (Å²) < 4.78 is 47.2. The second-order valence-corrected chi connectivity index (χ2v) is 9.19. The van der Waals surface area contributed by atoms with Crippen LogP contribution in [0.3, 0.4) is 0 Å². The zero-order valence-electron chi connectivity index (χ0n) is 18.6. The normalized spacial score (nSPS) is 27.8. The first-order valence-electron chi connectivity index (χ1n) is 12.0. The third kappa shape index (κ3) is 5.82. The van der Waals surface area contributed by atoms with E-state index in [2.05, 4.69) is 0 Å². The Morgan fingerprint density at radius 2 is 1.57 bits per heavy atom. The Kier molecular flexibility index (Phi) is 8.71. The van der Waals surface area contributed by atoms with Gasteiger partial charge >= 0.3 is 0 Å². The van der Waals surface area contributed by atoms with E-state index in [0.717, 1.165) is 56.3 Å². The van der Waals surface area contributed by atoms with Crippen LogP contribution in [0.2, 0.25) is 0 Å². The largest absolute Gasteiger partial charge is 0.491 e. The standard InChI is InChI=1S/C26H37F3O/c1-3-22(27)7-5-6-18-8-10-19(11-9-18)20-12-14-21(15-13-20)23-16-17-24(30-4-2)26(29)25(23)28/h7,16-21H,3-6,8-15H2,1-2H3/b22-7-. The highest BCUT2D eigenvalue weighted by Crippen LogP contribution is 2.45. The lowest BCUT2D eigenvalue weighted by atomic mass is 9.68. The molecule has 0 N–H and O–H groups in total. The van der Waals surface area contributed by atoms with Gasteiger partial charge in [-0.3, -0.25) is 0 Å². The van der Waals surface area contributed by atoms with Crippen molar-refractivity contribution in [3.8, 4) is 5.75 Å². The average Bonchev–Trinajstić information content (AvgIpc) is 2.78. The molecule has 30 heavy (non-hydrogen) atoms. The number of hydrogen-bond acceptors (Lipinski definition) is 1. The summed E-state index contributed by atoms with van der Waals surface area (Å²) in [5.74, 6) is 0.799. The quantitative estimate of drug-likeness (QED) is 0.408. The summed E-state index contributed by atoms with van der Waals surface area (Å²) in [5, 5.41) is 0. The van der Waals surface area contributed by atoms with Crippen molar-refractivity contribution in [2.24, 2.45) is 17.8 Å². The van der Waals surface area contributed by atoms with Crippen molar-refractivity contribution < 1.29 is 17.9 Å². The van der Waals surface area contributed by atoms with Crippen LogP contribution in [0.25, 0.3) is 0 Å². The smallest absolute Gasteiger partial charge is 0.200 e. The topological polar surface area (TPSA) is 9.23 Å². The van der Waals surface area contributed by atoms with E-state index >= 15 is 0 Å². The Morgan fingerprint density at radius 1 is 0.933 bits per heavy atom. The number of rotatable bonds is 8. The van der Waals surface area contributed by atoms with Crippen molar-refractivity contribution >= 4 is 0 Å². The zero-order valence-corrected chi connectivity index (χ0v) is 18.6. The Bertz CT molecular complexity index is 698. The van der Waals surface area contributed by atoms with Gasteiger partial charge in [-0.15, -0.1) is 0 Å². The molecule has 2 aliphatic rings. The first-order valence-corrected chi connectivity index (χ1v) is 12.0. The van der Waals surface area contributed by atoms with Crippen LogP contribution in [0.1, 0.15) is 96.0 Å². The Balaban J connectivity index is 1.46. The molecular formula is C26H37F3O. The molecule has 1 aromatic carbocycles. The second-order valence-electron chi connectivity index (χ2n) is 9.19. The van der Waals surface area contributed by atoms with Crippen molar-refractivity contribution in [2.75, 3.05) is 6.61 Å². The van der Waals surface area contributed by atoms with Gasteiger partial charge in [0, 0.05) is 0 Å². The minimum absolute atomic E-state index is 0.0112. The minimum atomic E-state index is -0.844. The molecule has 1 nitrogen and oxygen atoms in total. The lowest BCUT2D eigenvalue weighted by Crippen LogP contribution is -2.25. The van der Waals surface area contributed by atoms with Gasteiger partial charge in [0.15, 0.2) is 11.6 Å². The SMILES string of the molecule is CCOc1ccc(C2CCC(C3CCC(CC/C=C(\F)CC)CC3)CC2)c(F)c1F. The zero-order chi connectivity index (χ0) is 21.5. The fourth-order valence-corrected chi connectivity index (χ4v) is 5.60. The third-order valence-electron chi connectivity index (χ3n) is 7.42. The van der Waals surface area contributed by atoms with Crippen LogP contribution in [0.4, 0.5) is 13.2 Å². The number of halogens is 3. The highest BCUT2D eigenvalue weighted by molar-refractivity contribution is 5.33. The molecule has 0 aromatic heterocycles. The van der Waals surface area contributed by atoms with E-state index in [1.807, 2.05) is 6.92 Å². The summed E-state index contributed by atoms with van der Waals surface area (Å²) in [6, 6.07) is 3.29. The van der Waals surface area contributed by atoms with Crippen molar-refractivity contribution in [1.82, 2.24) is 0 Å². The summed E-state index contributed by atoms with van der Waals surface area (Å²) >= 11 is 0. The van der Waals surface area contributed by atoms with Crippen molar-refractivity contribution in [3.05, 3.63) is 41.2 Å². The number of benzene rings is 1. The summed E-state index contributed by atoms with van der Waals surface area (Å²) in [4.78, 5) is 0. The summed E-state index contributed by atoms with van der Waals surface area (Å²) in [6.07, 6.45) is 13.4. The van der Waals surface area contributed by atoms with Gasteiger partial charge in [-0.2, -0.15) is 4.39 Å². The maximum atomic E-state index is 14.6. The van der Waals surface area contributed by atoms with Crippen LogP contribution >= 0.6 is 0 Å². The summed E-state index contributed by atoms with van der Waals surface area (Å²) in [7, 11) is 0. The van der Waals surface area contributed by atoms with Crippen LogP contribution < -0.4 is 4.74 Å². The van der Waals surface area contributed by atoms with Crippen molar-refractivity contribution in [2.45, 2.75) is 90.4 Å². The van der Waals surface area contributed by atoms with Gasteiger partial charge < -0.3 is 4.74 Å². The average molecular weight is 423 g/mol. The molecule has 168 valence electrons. The lowest BCUT2D eigenvalue weighted by molar-refractivity contribution is 0.156. The maximum absolute atomic E-state index is 14.6. The Labute approximate surface area is 180 Å². The van der Waals surface area contributed by atoms with E-state index in [9.17, 15) is 13.2 Å². The van der Waals surface area contributed by atoms with Gasteiger partial charge in [-0.1, -0.05) is 31.9 Å². The van der Waals surface area contributed by atoms with Crippen LogP contribution in [-0.4, -0.2) is 6.61 Å². The molecule has 3 rings (SSSR count). The van der Waals surface area contributed by atoms with Crippen LogP contribution in [0.15, 0.2) is 24.0 Å². The third-order valence-corrected chi connectivity index (χ3v) is 7.42. The van der Waals surface area contributed by atoms with Gasteiger partial charge in [-0.05, 0) is 100 Å². The van der Waals surface area contributed by atoms with Crippen LogP contribution in [0.5, 0.6) is 5.75 Å². The summed E-state index contributed by atoms with van der Waals surface area (Å²) in [6.45, 7) is 3.95. The number of hydrogen-bond donors (Lipinski definition) is 0. The molecule has 4 heteroatoms. The molecular weight excluding hydrogens is 385 g/mol. The Hall–Kier alpha value is -1.45. The highest BCUT2D eigenvalue weighted by Gasteiger charge is 2.32. The van der Waals surface area contributed by atoms with Gasteiger partial charge in [0.05, 0.1) is 12.4 Å². The molecule has 0 aliphatic heterocycles. The number of allylic oxidation sites excluding steroid dienone is 2. The van der Waals surface area contributed by atoms with E-state index in [0.29, 0.717) is 18.6 Å². The maximum Gasteiger partial charge on any atom is 0.200 e. The molecule has 0 unspecified atom stereocenters. The van der Waals surface area contributed by atoms with Crippen molar-refractivity contribution in [1.29, 1.82) is 0 Å². The van der Waals surface area contributed by atoms with E-state index in [4.69, 9.17) is 4.74 Å². The fraction of sp³-hybridized carbons (Fsp3) is 0.692.